The molecule has 2 aromatic rings. The lowest BCUT2D eigenvalue weighted by molar-refractivity contribution is -0.274. The van der Waals surface area contributed by atoms with Gasteiger partial charge in [-0.3, -0.25) is 0 Å². The minimum absolute atomic E-state index is 0.224. The summed E-state index contributed by atoms with van der Waals surface area (Å²) < 4.78 is 43.1. The fraction of sp³-hybridized carbons (Fsp3) is 0.571. The second kappa shape index (κ2) is 8.65. The molecule has 0 bridgehead atoms. The summed E-state index contributed by atoms with van der Waals surface area (Å²) in [5, 5.41) is 8.34. The number of nitrogens with one attached hydrogen (secondary N) is 1. The summed E-state index contributed by atoms with van der Waals surface area (Å²) in [6.07, 6.45) is 3.24. The predicted octanol–water partition coefficient (Wildman–Crippen LogP) is 4.55. The Morgan fingerprint density at radius 2 is 1.76 bits per heavy atom. The minimum atomic E-state index is -4.69. The van der Waals surface area contributed by atoms with E-state index in [2.05, 4.69) is 15.0 Å². The summed E-state index contributed by atoms with van der Waals surface area (Å²) in [4.78, 5) is 2.50. The van der Waals surface area contributed by atoms with E-state index in [4.69, 9.17) is 5.10 Å². The lowest BCUT2D eigenvalue weighted by Gasteiger charge is -2.26. The van der Waals surface area contributed by atoms with Crippen LogP contribution in [0.15, 0.2) is 24.3 Å². The van der Waals surface area contributed by atoms with Crippen LogP contribution in [0.25, 0.3) is 5.69 Å². The van der Waals surface area contributed by atoms with Gasteiger partial charge in [0, 0.05) is 25.1 Å². The molecular formula is C21H27F3N4O. The first-order valence-corrected chi connectivity index (χ1v) is 10.4. The monoisotopic (exact) mass is 408 g/mol. The van der Waals surface area contributed by atoms with Gasteiger partial charge >= 0.3 is 6.36 Å². The molecule has 0 saturated carbocycles. The number of halogens is 3. The Labute approximate surface area is 168 Å². The molecule has 2 aliphatic rings. The average molecular weight is 408 g/mol. The molecule has 5 nitrogen and oxygen atoms in total. The second-order valence-corrected chi connectivity index (χ2v) is 7.76. The molecule has 158 valence electrons. The zero-order chi connectivity index (χ0) is 20.3. The lowest BCUT2D eigenvalue weighted by Crippen LogP contribution is -2.31. The van der Waals surface area contributed by atoms with Crippen LogP contribution < -0.4 is 10.1 Å². The summed E-state index contributed by atoms with van der Waals surface area (Å²) in [5.74, 6) is 0.749. The van der Waals surface area contributed by atoms with E-state index >= 15 is 0 Å². The molecule has 0 atom stereocenters. The van der Waals surface area contributed by atoms with Crippen LogP contribution in [0.1, 0.15) is 43.4 Å². The smallest absolute Gasteiger partial charge is 0.406 e. The highest BCUT2D eigenvalue weighted by molar-refractivity contribution is 5.55. The van der Waals surface area contributed by atoms with E-state index in [9.17, 15) is 13.2 Å². The minimum Gasteiger partial charge on any atom is -0.406 e. The van der Waals surface area contributed by atoms with E-state index in [1.54, 1.807) is 12.1 Å². The molecule has 4 rings (SSSR count). The first kappa shape index (κ1) is 20.1. The van der Waals surface area contributed by atoms with E-state index < -0.39 is 6.36 Å². The third kappa shape index (κ3) is 5.04. The van der Waals surface area contributed by atoms with Crippen molar-refractivity contribution in [1.82, 2.24) is 14.7 Å². The van der Waals surface area contributed by atoms with Crippen LogP contribution in [0.4, 0.5) is 19.0 Å². The Morgan fingerprint density at radius 1 is 1.00 bits per heavy atom. The molecule has 8 heteroatoms. The van der Waals surface area contributed by atoms with Crippen molar-refractivity contribution in [3.8, 4) is 11.4 Å². The van der Waals surface area contributed by atoms with Gasteiger partial charge in [-0.05, 0) is 69.5 Å². The van der Waals surface area contributed by atoms with Gasteiger partial charge in [0.15, 0.2) is 0 Å². The fourth-order valence-corrected chi connectivity index (χ4v) is 4.20. The van der Waals surface area contributed by atoms with Crippen molar-refractivity contribution in [2.75, 3.05) is 31.5 Å². The van der Waals surface area contributed by atoms with Gasteiger partial charge in [-0.25, -0.2) is 4.68 Å². The third-order valence-electron chi connectivity index (χ3n) is 5.64. The first-order valence-electron chi connectivity index (χ1n) is 10.4. The maximum atomic E-state index is 12.4. The number of piperidine rings is 1. The summed E-state index contributed by atoms with van der Waals surface area (Å²) in [5.41, 5.74) is 3.07. The van der Waals surface area contributed by atoms with E-state index in [0.29, 0.717) is 0 Å². The number of likely N-dealkylation sites (tertiary alicyclic amines) is 1. The molecule has 2 aliphatic heterocycles. The molecule has 1 N–H and O–H groups in total. The predicted molar refractivity (Wildman–Crippen MR) is 106 cm³/mol. The van der Waals surface area contributed by atoms with E-state index in [1.165, 1.54) is 37.0 Å². The molecule has 0 spiro atoms. The number of hydrogen-bond donors (Lipinski definition) is 1. The summed E-state index contributed by atoms with van der Waals surface area (Å²) in [6, 6.07) is 5.91. The summed E-state index contributed by atoms with van der Waals surface area (Å²) in [6.45, 7) is 4.19. The van der Waals surface area contributed by atoms with Crippen molar-refractivity contribution in [3.63, 3.8) is 0 Å². The Morgan fingerprint density at radius 3 is 2.48 bits per heavy atom. The number of aromatic nitrogens is 2. The number of rotatable bonds is 5. The van der Waals surface area contributed by atoms with Gasteiger partial charge in [-0.2, -0.15) is 5.10 Å². The van der Waals surface area contributed by atoms with Crippen molar-refractivity contribution in [2.24, 2.45) is 0 Å². The van der Waals surface area contributed by atoms with Gasteiger partial charge < -0.3 is 15.0 Å². The molecular weight excluding hydrogens is 381 g/mol. The van der Waals surface area contributed by atoms with Crippen LogP contribution in [-0.4, -0.2) is 47.2 Å². The highest BCUT2D eigenvalue weighted by atomic mass is 19.4. The standard InChI is InChI=1S/C21H27F3N4O/c22-21(23,24)29-17-9-7-16(8-10-17)28-20-18(6-2-3-12-25-20)19(26-28)11-15-27-13-4-1-5-14-27/h7-10,25H,1-6,11-15H2. The molecule has 0 aliphatic carbocycles. The lowest BCUT2D eigenvalue weighted by atomic mass is 10.1. The highest BCUT2D eigenvalue weighted by Crippen LogP contribution is 2.30. The Balaban J connectivity index is 1.56. The number of ether oxygens (including phenoxy) is 1. The van der Waals surface area contributed by atoms with Crippen molar-refractivity contribution in [3.05, 3.63) is 35.5 Å². The van der Waals surface area contributed by atoms with Crippen LogP contribution >= 0.6 is 0 Å². The van der Waals surface area contributed by atoms with E-state index in [0.717, 1.165) is 69.1 Å². The maximum Gasteiger partial charge on any atom is 0.573 e. The number of anilines is 1. The molecule has 0 unspecified atom stereocenters. The van der Waals surface area contributed by atoms with Gasteiger partial charge in [0.25, 0.3) is 0 Å². The molecule has 29 heavy (non-hydrogen) atoms. The second-order valence-electron chi connectivity index (χ2n) is 7.76. The number of nitrogens with zero attached hydrogens (tertiary/aromatic N) is 3. The summed E-state index contributed by atoms with van der Waals surface area (Å²) >= 11 is 0. The van der Waals surface area contributed by atoms with Crippen LogP contribution in [0.5, 0.6) is 5.75 Å². The molecule has 0 radical (unpaired) electrons. The third-order valence-corrected chi connectivity index (χ3v) is 5.64. The normalized spacial score (nSPS) is 18.0. The Kier molecular flexibility index (Phi) is 5.99. The number of alkyl halides is 3. The van der Waals surface area contributed by atoms with Crippen LogP contribution in [0.3, 0.4) is 0 Å². The van der Waals surface area contributed by atoms with Crippen molar-refractivity contribution in [2.45, 2.75) is 51.3 Å². The largest absolute Gasteiger partial charge is 0.573 e. The number of hydrogen-bond acceptors (Lipinski definition) is 4. The Hall–Kier alpha value is -2.22. The van der Waals surface area contributed by atoms with Crippen molar-refractivity contribution in [1.29, 1.82) is 0 Å². The SMILES string of the molecule is FC(F)(F)Oc1ccc(-n2nc(CCN3CCCCC3)c3c2NCCCC3)cc1. The van der Waals surface area contributed by atoms with Crippen molar-refractivity contribution >= 4 is 5.82 Å². The van der Waals surface area contributed by atoms with Crippen molar-refractivity contribution < 1.29 is 17.9 Å². The van der Waals surface area contributed by atoms with Gasteiger partial charge in [-0.1, -0.05) is 6.42 Å². The zero-order valence-electron chi connectivity index (χ0n) is 16.5. The fourth-order valence-electron chi connectivity index (χ4n) is 4.20. The average Bonchev–Trinajstić information content (AvgIpc) is 2.86. The zero-order valence-corrected chi connectivity index (χ0v) is 16.5. The quantitative estimate of drug-likeness (QED) is 0.788. The van der Waals surface area contributed by atoms with Crippen LogP contribution in [0.2, 0.25) is 0 Å². The number of benzene rings is 1. The van der Waals surface area contributed by atoms with Gasteiger partial charge in [-0.15, -0.1) is 13.2 Å². The molecule has 3 heterocycles. The van der Waals surface area contributed by atoms with Gasteiger partial charge in [0.1, 0.15) is 11.6 Å². The molecule has 1 fully saturated rings. The topological polar surface area (TPSA) is 42.3 Å². The molecule has 1 aromatic heterocycles. The summed E-state index contributed by atoms with van der Waals surface area (Å²) in [7, 11) is 0. The van der Waals surface area contributed by atoms with E-state index in [-0.39, 0.29) is 5.75 Å². The van der Waals surface area contributed by atoms with Crippen LogP contribution in [0, 0.1) is 0 Å². The molecule has 1 saturated heterocycles. The highest BCUT2D eigenvalue weighted by Gasteiger charge is 2.31. The molecule has 0 amide bonds. The van der Waals surface area contributed by atoms with Crippen LogP contribution in [-0.2, 0) is 12.8 Å². The maximum absolute atomic E-state index is 12.4. The van der Waals surface area contributed by atoms with E-state index in [1.807, 2.05) is 4.68 Å². The number of fused-ring (bicyclic) bond motifs is 1. The van der Waals surface area contributed by atoms with Gasteiger partial charge in [0.2, 0.25) is 0 Å². The Bertz CT molecular complexity index is 811. The van der Waals surface area contributed by atoms with Gasteiger partial charge in [0.05, 0.1) is 11.4 Å². The first-order chi connectivity index (χ1) is 14.0. The molecule has 1 aromatic carbocycles.